The molecule has 0 saturated carbocycles. The molecule has 0 unspecified atom stereocenters. The number of fused-ring (bicyclic) bond motifs is 1. The molecule has 0 radical (unpaired) electrons. The minimum atomic E-state index is -3.64. The molecule has 2 aromatic rings. The summed E-state index contributed by atoms with van der Waals surface area (Å²) in [5.41, 5.74) is 2.34. The molecule has 2 heterocycles. The number of thiophene rings is 1. The highest BCUT2D eigenvalue weighted by Crippen LogP contribution is 2.33. The predicted molar refractivity (Wildman–Crippen MR) is 105 cm³/mol. The van der Waals surface area contributed by atoms with E-state index in [1.54, 1.807) is 29.2 Å². The van der Waals surface area contributed by atoms with Crippen LogP contribution in [0.15, 0.2) is 38.3 Å². The molecule has 1 aliphatic heterocycles. The van der Waals surface area contributed by atoms with Crippen molar-refractivity contribution in [2.45, 2.75) is 30.9 Å². The first-order valence-corrected chi connectivity index (χ1v) is 11.1. The van der Waals surface area contributed by atoms with E-state index in [1.807, 2.05) is 19.9 Å². The zero-order chi connectivity index (χ0) is 18.2. The van der Waals surface area contributed by atoms with Gasteiger partial charge in [0.25, 0.3) is 10.0 Å². The Balaban J connectivity index is 1.92. The van der Waals surface area contributed by atoms with Crippen molar-refractivity contribution >= 4 is 54.6 Å². The number of carbonyl (C=O) groups excluding carboxylic acids is 1. The molecule has 1 aromatic carbocycles. The van der Waals surface area contributed by atoms with E-state index >= 15 is 0 Å². The van der Waals surface area contributed by atoms with Gasteiger partial charge in [-0.15, -0.1) is 11.3 Å². The van der Waals surface area contributed by atoms with Crippen LogP contribution >= 0.6 is 27.3 Å². The number of hydrogen-bond acceptors (Lipinski definition) is 4. The molecule has 0 bridgehead atoms. The van der Waals surface area contributed by atoms with E-state index in [9.17, 15) is 13.2 Å². The van der Waals surface area contributed by atoms with Gasteiger partial charge >= 0.3 is 0 Å². The minimum absolute atomic E-state index is 0.0585. The number of aryl methyl sites for hydroxylation is 1. The summed E-state index contributed by atoms with van der Waals surface area (Å²) in [6.07, 6.45) is 1.81. The molecule has 0 fully saturated rings. The number of carbonyl (C=O) groups is 1. The van der Waals surface area contributed by atoms with Gasteiger partial charge in [-0.1, -0.05) is 19.9 Å². The number of benzene rings is 1. The summed E-state index contributed by atoms with van der Waals surface area (Å²) >= 11 is 4.43. The summed E-state index contributed by atoms with van der Waals surface area (Å²) in [5, 5.41) is 0. The normalized spacial score (nSPS) is 14.5. The number of rotatable bonds is 4. The predicted octanol–water partition coefficient (Wildman–Crippen LogP) is 4.25. The van der Waals surface area contributed by atoms with Crippen LogP contribution in [0.1, 0.15) is 25.8 Å². The molecule has 1 aromatic heterocycles. The Morgan fingerprint density at radius 2 is 2.04 bits per heavy atom. The third-order valence-electron chi connectivity index (χ3n) is 4.03. The van der Waals surface area contributed by atoms with Crippen LogP contribution in [0.5, 0.6) is 0 Å². The molecular weight excluding hydrogens is 424 g/mol. The number of anilines is 2. The molecule has 134 valence electrons. The fourth-order valence-corrected chi connectivity index (χ4v) is 5.89. The summed E-state index contributed by atoms with van der Waals surface area (Å²) in [7, 11) is -3.64. The second-order valence-corrected chi connectivity index (χ2v) is 10.6. The number of hydrogen-bond donors (Lipinski definition) is 1. The quantitative estimate of drug-likeness (QED) is 0.769. The van der Waals surface area contributed by atoms with Crippen LogP contribution in [-0.2, 0) is 21.2 Å². The molecular formula is C17H19BrN2O3S2. The summed E-state index contributed by atoms with van der Waals surface area (Å²) in [6, 6.07) is 8.67. The zero-order valence-electron chi connectivity index (χ0n) is 14.0. The van der Waals surface area contributed by atoms with Crippen molar-refractivity contribution in [3.63, 3.8) is 0 Å². The molecule has 0 aliphatic carbocycles. The van der Waals surface area contributed by atoms with Gasteiger partial charge in [0.2, 0.25) is 5.91 Å². The van der Waals surface area contributed by atoms with Crippen molar-refractivity contribution in [1.82, 2.24) is 0 Å². The summed E-state index contributed by atoms with van der Waals surface area (Å²) in [4.78, 5) is 14.2. The van der Waals surface area contributed by atoms with Crippen LogP contribution in [0.3, 0.4) is 0 Å². The smallest absolute Gasteiger partial charge is 0.271 e. The zero-order valence-corrected chi connectivity index (χ0v) is 17.2. The summed E-state index contributed by atoms with van der Waals surface area (Å²) < 4.78 is 28.6. The molecule has 1 aliphatic rings. The lowest BCUT2D eigenvalue weighted by Gasteiger charge is -2.31. The maximum absolute atomic E-state index is 12.5. The first-order valence-electron chi connectivity index (χ1n) is 8.00. The summed E-state index contributed by atoms with van der Waals surface area (Å²) in [5.74, 6) is -0.0436. The van der Waals surface area contributed by atoms with Crippen LogP contribution in [0, 0.1) is 5.92 Å². The molecule has 25 heavy (non-hydrogen) atoms. The van der Waals surface area contributed by atoms with Crippen molar-refractivity contribution in [2.75, 3.05) is 16.2 Å². The van der Waals surface area contributed by atoms with Crippen LogP contribution in [0.4, 0.5) is 11.4 Å². The van der Waals surface area contributed by atoms with E-state index in [0.29, 0.717) is 12.2 Å². The van der Waals surface area contributed by atoms with E-state index < -0.39 is 10.0 Å². The van der Waals surface area contributed by atoms with E-state index in [0.717, 1.165) is 39.2 Å². The second-order valence-electron chi connectivity index (χ2n) is 6.26. The molecule has 5 nitrogen and oxygen atoms in total. The van der Waals surface area contributed by atoms with Gasteiger partial charge in [0, 0.05) is 18.2 Å². The van der Waals surface area contributed by atoms with E-state index in [2.05, 4.69) is 20.7 Å². The van der Waals surface area contributed by atoms with Gasteiger partial charge < -0.3 is 4.90 Å². The molecule has 0 atom stereocenters. The number of nitrogens with zero attached hydrogens (tertiary/aromatic N) is 1. The lowest BCUT2D eigenvalue weighted by Crippen LogP contribution is -2.38. The Bertz CT molecular complexity index is 906. The highest BCUT2D eigenvalue weighted by molar-refractivity contribution is 9.11. The van der Waals surface area contributed by atoms with Gasteiger partial charge in [-0.3, -0.25) is 9.52 Å². The van der Waals surface area contributed by atoms with Crippen LogP contribution in [0.25, 0.3) is 0 Å². The number of halogens is 1. The lowest BCUT2D eigenvalue weighted by atomic mass is 9.99. The van der Waals surface area contributed by atoms with E-state index in [4.69, 9.17) is 0 Å². The first-order chi connectivity index (χ1) is 11.8. The first kappa shape index (κ1) is 18.4. The van der Waals surface area contributed by atoms with Crippen molar-refractivity contribution in [3.05, 3.63) is 39.7 Å². The fourth-order valence-electron chi connectivity index (χ4n) is 2.83. The van der Waals surface area contributed by atoms with Crippen molar-refractivity contribution in [1.29, 1.82) is 0 Å². The van der Waals surface area contributed by atoms with Gasteiger partial charge in [-0.2, -0.15) is 0 Å². The monoisotopic (exact) mass is 442 g/mol. The average molecular weight is 443 g/mol. The minimum Gasteiger partial charge on any atom is -0.312 e. The van der Waals surface area contributed by atoms with Gasteiger partial charge in [0.05, 0.1) is 9.47 Å². The Labute approximate surface area is 160 Å². The summed E-state index contributed by atoms with van der Waals surface area (Å²) in [6.45, 7) is 4.41. The van der Waals surface area contributed by atoms with Gasteiger partial charge in [-0.25, -0.2) is 8.42 Å². The fraction of sp³-hybridized carbons (Fsp3) is 0.353. The van der Waals surface area contributed by atoms with E-state index in [1.165, 1.54) is 0 Å². The molecule has 0 spiro atoms. The van der Waals surface area contributed by atoms with Crippen LogP contribution in [-0.4, -0.2) is 20.9 Å². The van der Waals surface area contributed by atoms with Gasteiger partial charge in [0.1, 0.15) is 4.21 Å². The lowest BCUT2D eigenvalue weighted by molar-refractivity contribution is -0.121. The van der Waals surface area contributed by atoms with Crippen molar-refractivity contribution in [2.24, 2.45) is 5.92 Å². The third-order valence-corrected chi connectivity index (χ3v) is 7.53. The SMILES string of the molecule is CC(C)C(=O)N1CCCc2ccc(NS(=O)(=O)c3ccc(Br)s3)cc21. The largest absolute Gasteiger partial charge is 0.312 e. The van der Waals surface area contributed by atoms with Gasteiger partial charge in [-0.05, 0) is 58.6 Å². The second kappa shape index (κ2) is 7.09. The average Bonchev–Trinajstić information content (AvgIpc) is 3.00. The molecule has 8 heteroatoms. The Kier molecular flexibility index (Phi) is 5.22. The van der Waals surface area contributed by atoms with Crippen molar-refractivity contribution in [3.8, 4) is 0 Å². The topological polar surface area (TPSA) is 66.5 Å². The molecule has 3 rings (SSSR count). The number of sulfonamides is 1. The number of amides is 1. The van der Waals surface area contributed by atoms with E-state index in [-0.39, 0.29) is 16.0 Å². The Hall–Kier alpha value is -1.38. The maximum Gasteiger partial charge on any atom is 0.271 e. The van der Waals surface area contributed by atoms with Crippen molar-refractivity contribution < 1.29 is 13.2 Å². The molecule has 0 saturated heterocycles. The van der Waals surface area contributed by atoms with Gasteiger partial charge in [0.15, 0.2) is 0 Å². The highest BCUT2D eigenvalue weighted by atomic mass is 79.9. The molecule has 1 N–H and O–H groups in total. The van der Waals surface area contributed by atoms with Crippen LogP contribution < -0.4 is 9.62 Å². The third kappa shape index (κ3) is 3.91. The Morgan fingerprint density at radius 1 is 1.28 bits per heavy atom. The van der Waals surface area contributed by atoms with Crippen LogP contribution in [0.2, 0.25) is 0 Å². The number of nitrogens with one attached hydrogen (secondary N) is 1. The Morgan fingerprint density at radius 3 is 2.68 bits per heavy atom. The standard InChI is InChI=1S/C17H19BrN2O3S2/c1-11(2)17(21)20-9-3-4-12-5-6-13(10-14(12)20)19-25(22,23)16-8-7-15(18)24-16/h5-8,10-11,19H,3-4,9H2,1-2H3. The maximum atomic E-state index is 12.5. The molecule has 1 amide bonds. The highest BCUT2D eigenvalue weighted by Gasteiger charge is 2.25.